The van der Waals surface area contributed by atoms with Crippen molar-refractivity contribution in [3.63, 3.8) is 0 Å². The lowest BCUT2D eigenvalue weighted by atomic mass is 10.1. The van der Waals surface area contributed by atoms with Crippen molar-refractivity contribution in [2.45, 2.75) is 58.9 Å². The van der Waals surface area contributed by atoms with Crippen LogP contribution in [0, 0.1) is 0 Å². The molecule has 0 radical (unpaired) electrons. The number of unbranched alkanes of at least 4 members (excludes halogenated alkanes) is 2. The van der Waals surface area contributed by atoms with Gasteiger partial charge in [-0.1, -0.05) is 19.8 Å². The predicted molar refractivity (Wildman–Crippen MR) is 113 cm³/mol. The van der Waals surface area contributed by atoms with Gasteiger partial charge in [-0.15, -0.1) is 0 Å². The second-order valence-corrected chi connectivity index (χ2v) is 7.93. The van der Waals surface area contributed by atoms with Gasteiger partial charge in [0.1, 0.15) is 6.54 Å². The molecule has 1 aromatic rings. The van der Waals surface area contributed by atoms with Gasteiger partial charge in [-0.2, -0.15) is 0 Å². The number of guanidine groups is 1. The second-order valence-electron chi connectivity index (χ2n) is 7.93. The monoisotopic (exact) mass is 390 g/mol. The van der Waals surface area contributed by atoms with Gasteiger partial charge in [0, 0.05) is 30.3 Å². The van der Waals surface area contributed by atoms with E-state index >= 15 is 0 Å². The summed E-state index contributed by atoms with van der Waals surface area (Å²) < 4.78 is 11.4. The summed E-state index contributed by atoms with van der Waals surface area (Å²) in [5.41, 5.74) is 0.561. The molecule has 0 saturated heterocycles. The number of carbonyl (C=O) groups is 1. The average Bonchev–Trinajstić information content (AvgIpc) is 2.86. The summed E-state index contributed by atoms with van der Waals surface area (Å²) in [6.45, 7) is 10.2. The lowest BCUT2D eigenvalue weighted by molar-refractivity contribution is -0.121. The number of ether oxygens (including phenoxy) is 2. The number of hydrogen-bond acceptors (Lipinski definition) is 4. The number of nitrogens with zero attached hydrogens (tertiary/aromatic N) is 1. The molecule has 0 spiro atoms. The summed E-state index contributed by atoms with van der Waals surface area (Å²) in [7, 11) is 0. The molecule has 1 aliphatic heterocycles. The molecule has 1 heterocycles. The maximum atomic E-state index is 12.1. The van der Waals surface area contributed by atoms with Crippen LogP contribution >= 0.6 is 0 Å². The van der Waals surface area contributed by atoms with E-state index in [0.29, 0.717) is 19.2 Å². The molecule has 0 bridgehead atoms. The van der Waals surface area contributed by atoms with Crippen LogP contribution in [0.25, 0.3) is 0 Å². The maximum Gasteiger partial charge on any atom is 0.242 e. The Morgan fingerprint density at radius 1 is 1.14 bits per heavy atom. The molecular formula is C21H34N4O3. The first kappa shape index (κ1) is 21.9. The van der Waals surface area contributed by atoms with Crippen LogP contribution in [0.1, 0.15) is 53.4 Å². The van der Waals surface area contributed by atoms with Crippen molar-refractivity contribution in [2.24, 2.45) is 4.99 Å². The lowest BCUT2D eigenvalue weighted by Crippen LogP contribution is -2.42. The Balaban J connectivity index is 2.04. The quantitative estimate of drug-likeness (QED) is 0.378. The van der Waals surface area contributed by atoms with E-state index in [1.165, 1.54) is 0 Å². The number of anilines is 1. The van der Waals surface area contributed by atoms with E-state index < -0.39 is 0 Å². The van der Waals surface area contributed by atoms with E-state index in [-0.39, 0.29) is 18.0 Å². The van der Waals surface area contributed by atoms with Gasteiger partial charge in [0.25, 0.3) is 0 Å². The zero-order chi connectivity index (χ0) is 20.4. The average molecular weight is 391 g/mol. The summed E-state index contributed by atoms with van der Waals surface area (Å²) in [6, 6.07) is 5.72. The summed E-state index contributed by atoms with van der Waals surface area (Å²) in [5.74, 6) is 1.94. The third kappa shape index (κ3) is 8.06. The highest BCUT2D eigenvalue weighted by Crippen LogP contribution is 2.32. The molecule has 0 fully saturated rings. The molecule has 1 amide bonds. The third-order valence-corrected chi connectivity index (χ3v) is 3.98. The largest absolute Gasteiger partial charge is 0.490 e. The van der Waals surface area contributed by atoms with Crippen LogP contribution < -0.4 is 25.4 Å². The van der Waals surface area contributed by atoms with Gasteiger partial charge in [-0.05, 0) is 39.3 Å². The number of hydrogen-bond donors (Lipinski definition) is 3. The van der Waals surface area contributed by atoms with Crippen LogP contribution in [0.15, 0.2) is 23.2 Å². The molecule has 0 aromatic heterocycles. The predicted octanol–water partition coefficient (Wildman–Crippen LogP) is 3.31. The molecule has 1 aromatic carbocycles. The van der Waals surface area contributed by atoms with Crippen LogP contribution in [-0.2, 0) is 4.79 Å². The first-order valence-electron chi connectivity index (χ1n) is 10.1. The number of nitrogens with one attached hydrogen (secondary N) is 3. The van der Waals surface area contributed by atoms with E-state index in [1.54, 1.807) is 0 Å². The van der Waals surface area contributed by atoms with Gasteiger partial charge in [-0.25, -0.2) is 4.99 Å². The minimum atomic E-state index is -0.275. The van der Waals surface area contributed by atoms with E-state index in [9.17, 15) is 4.79 Å². The van der Waals surface area contributed by atoms with E-state index in [0.717, 1.165) is 49.4 Å². The second kappa shape index (κ2) is 10.8. The topological polar surface area (TPSA) is 84.0 Å². The molecule has 0 aliphatic carbocycles. The Hall–Kier alpha value is -2.44. The molecule has 7 heteroatoms. The molecule has 0 atom stereocenters. The molecule has 2 rings (SSSR count). The molecular weight excluding hydrogens is 356 g/mol. The Morgan fingerprint density at radius 2 is 1.89 bits per heavy atom. The van der Waals surface area contributed by atoms with Crippen LogP contribution in [0.2, 0.25) is 0 Å². The fourth-order valence-corrected chi connectivity index (χ4v) is 2.71. The van der Waals surface area contributed by atoms with E-state index in [2.05, 4.69) is 27.9 Å². The standard InChI is InChI=1S/C21H34N4O3/c1-5-6-7-11-22-20(23-15-19(26)25-21(2,3)4)24-16-9-10-17-18(14-16)28-13-8-12-27-17/h9-10,14H,5-8,11-13,15H2,1-4H3,(H,25,26)(H2,22,23,24). The molecule has 1 aliphatic rings. The van der Waals surface area contributed by atoms with Crippen molar-refractivity contribution in [3.8, 4) is 11.5 Å². The minimum absolute atomic E-state index is 0.0604. The van der Waals surface area contributed by atoms with Crippen molar-refractivity contribution < 1.29 is 14.3 Å². The highest BCUT2D eigenvalue weighted by molar-refractivity contribution is 5.95. The van der Waals surface area contributed by atoms with Gasteiger partial charge in [0.15, 0.2) is 17.5 Å². The van der Waals surface area contributed by atoms with Crippen molar-refractivity contribution in [1.29, 1.82) is 0 Å². The van der Waals surface area contributed by atoms with Crippen LogP contribution in [0.5, 0.6) is 11.5 Å². The highest BCUT2D eigenvalue weighted by Gasteiger charge is 2.14. The zero-order valence-corrected chi connectivity index (χ0v) is 17.6. The van der Waals surface area contributed by atoms with Crippen LogP contribution in [0.3, 0.4) is 0 Å². The van der Waals surface area contributed by atoms with Crippen molar-refractivity contribution in [2.75, 3.05) is 31.6 Å². The highest BCUT2D eigenvalue weighted by atomic mass is 16.5. The fourth-order valence-electron chi connectivity index (χ4n) is 2.71. The number of amides is 1. The Morgan fingerprint density at radius 3 is 2.61 bits per heavy atom. The number of fused-ring (bicyclic) bond motifs is 1. The number of rotatable bonds is 7. The molecule has 28 heavy (non-hydrogen) atoms. The first-order valence-corrected chi connectivity index (χ1v) is 10.1. The van der Waals surface area contributed by atoms with E-state index in [4.69, 9.17) is 9.47 Å². The number of benzene rings is 1. The first-order chi connectivity index (χ1) is 13.4. The Labute approximate surface area is 168 Å². The van der Waals surface area contributed by atoms with E-state index in [1.807, 2.05) is 39.0 Å². The Bertz CT molecular complexity index is 668. The van der Waals surface area contributed by atoms with Crippen molar-refractivity contribution in [3.05, 3.63) is 18.2 Å². The van der Waals surface area contributed by atoms with Crippen molar-refractivity contribution >= 4 is 17.6 Å². The molecule has 0 unspecified atom stereocenters. The van der Waals surface area contributed by atoms with Crippen LogP contribution in [-0.4, -0.2) is 43.7 Å². The summed E-state index contributed by atoms with van der Waals surface area (Å²) in [6.07, 6.45) is 4.21. The van der Waals surface area contributed by atoms with Gasteiger partial charge in [0.05, 0.1) is 13.2 Å². The molecule has 0 saturated carbocycles. The molecule has 7 nitrogen and oxygen atoms in total. The zero-order valence-electron chi connectivity index (χ0n) is 17.6. The maximum absolute atomic E-state index is 12.1. The van der Waals surface area contributed by atoms with Crippen molar-refractivity contribution in [1.82, 2.24) is 10.6 Å². The van der Waals surface area contributed by atoms with Gasteiger partial charge < -0.3 is 25.4 Å². The summed E-state index contributed by atoms with van der Waals surface area (Å²) in [5, 5.41) is 9.49. The Kier molecular flexibility index (Phi) is 8.42. The molecule has 156 valence electrons. The van der Waals surface area contributed by atoms with Gasteiger partial charge in [-0.3, -0.25) is 4.79 Å². The summed E-state index contributed by atoms with van der Waals surface area (Å²) >= 11 is 0. The lowest BCUT2D eigenvalue weighted by Gasteiger charge is -2.20. The fraction of sp³-hybridized carbons (Fsp3) is 0.619. The SMILES string of the molecule is CCCCCNC(=NCC(=O)NC(C)(C)C)Nc1ccc2c(c1)OCCCO2. The number of carbonyl (C=O) groups excluding carboxylic acids is 1. The molecule has 3 N–H and O–H groups in total. The smallest absolute Gasteiger partial charge is 0.242 e. The van der Waals surface area contributed by atoms with Gasteiger partial charge in [0.2, 0.25) is 5.91 Å². The normalized spacial score (nSPS) is 14.2. The number of aliphatic imine (C=N–C) groups is 1. The third-order valence-electron chi connectivity index (χ3n) is 3.98. The van der Waals surface area contributed by atoms with Gasteiger partial charge >= 0.3 is 0 Å². The summed E-state index contributed by atoms with van der Waals surface area (Å²) in [4.78, 5) is 16.6. The minimum Gasteiger partial charge on any atom is -0.490 e. The van der Waals surface area contributed by atoms with Crippen LogP contribution in [0.4, 0.5) is 5.69 Å².